The van der Waals surface area contributed by atoms with Gasteiger partial charge in [0.2, 0.25) is 0 Å². The Morgan fingerprint density at radius 3 is 2.75 bits per heavy atom. The van der Waals surface area contributed by atoms with E-state index in [1.807, 2.05) is 12.1 Å². The lowest BCUT2D eigenvalue weighted by atomic mass is 10.1. The third-order valence-corrected chi connectivity index (χ3v) is 4.15. The van der Waals surface area contributed by atoms with Gasteiger partial charge in [0.1, 0.15) is 5.75 Å². The summed E-state index contributed by atoms with van der Waals surface area (Å²) in [4.78, 5) is 12.5. The van der Waals surface area contributed by atoms with E-state index in [4.69, 9.17) is 4.74 Å². The quantitative estimate of drug-likeness (QED) is 0.690. The SMILES string of the molecule is CCCCCOc1ccc(C(=O)NC(c2nn[nH]n2)C2CC2)cc1. The van der Waals surface area contributed by atoms with Crippen LogP contribution in [-0.4, -0.2) is 33.1 Å². The van der Waals surface area contributed by atoms with E-state index in [0.29, 0.717) is 23.9 Å². The van der Waals surface area contributed by atoms with Crippen molar-refractivity contribution in [2.45, 2.75) is 45.1 Å². The summed E-state index contributed by atoms with van der Waals surface area (Å²) in [6.07, 6.45) is 5.53. The lowest BCUT2D eigenvalue weighted by molar-refractivity contribution is 0.0929. The van der Waals surface area contributed by atoms with Crippen LogP contribution in [-0.2, 0) is 0 Å². The van der Waals surface area contributed by atoms with Gasteiger partial charge in [-0.1, -0.05) is 25.0 Å². The number of tetrazole rings is 1. The average Bonchev–Trinajstić information content (AvgIpc) is 3.30. The molecule has 1 heterocycles. The molecule has 2 aromatic rings. The van der Waals surface area contributed by atoms with Gasteiger partial charge in [-0.05, 0) is 49.4 Å². The van der Waals surface area contributed by atoms with Gasteiger partial charge in [0.25, 0.3) is 5.91 Å². The normalized spacial score (nSPS) is 15.0. The van der Waals surface area contributed by atoms with Crippen LogP contribution in [0.15, 0.2) is 24.3 Å². The number of hydrogen-bond donors (Lipinski definition) is 2. The maximum Gasteiger partial charge on any atom is 0.251 e. The fourth-order valence-corrected chi connectivity index (χ4v) is 2.59. The Kier molecular flexibility index (Phi) is 5.40. The van der Waals surface area contributed by atoms with Crippen LogP contribution in [0, 0.1) is 5.92 Å². The molecule has 0 bridgehead atoms. The fourth-order valence-electron chi connectivity index (χ4n) is 2.59. The highest BCUT2D eigenvalue weighted by Gasteiger charge is 2.36. The molecule has 1 fully saturated rings. The number of nitrogens with one attached hydrogen (secondary N) is 2. The van der Waals surface area contributed by atoms with Crippen molar-refractivity contribution in [1.29, 1.82) is 0 Å². The minimum absolute atomic E-state index is 0.130. The van der Waals surface area contributed by atoms with Crippen molar-refractivity contribution in [2.24, 2.45) is 5.92 Å². The Bertz CT molecular complexity index is 638. The van der Waals surface area contributed by atoms with Crippen LogP contribution in [0.5, 0.6) is 5.75 Å². The molecule has 0 radical (unpaired) electrons. The largest absolute Gasteiger partial charge is 0.494 e. The molecule has 24 heavy (non-hydrogen) atoms. The first-order valence-electron chi connectivity index (χ1n) is 8.55. The summed E-state index contributed by atoms with van der Waals surface area (Å²) in [5.41, 5.74) is 0.602. The van der Waals surface area contributed by atoms with Crippen LogP contribution in [0.2, 0.25) is 0 Å². The monoisotopic (exact) mass is 329 g/mol. The molecule has 1 aliphatic rings. The van der Waals surface area contributed by atoms with Gasteiger partial charge in [-0.25, -0.2) is 0 Å². The first-order valence-corrected chi connectivity index (χ1v) is 8.55. The molecule has 1 amide bonds. The summed E-state index contributed by atoms with van der Waals surface area (Å²) >= 11 is 0. The van der Waals surface area contributed by atoms with Crippen LogP contribution in [0.4, 0.5) is 0 Å². The number of hydrogen-bond acceptors (Lipinski definition) is 5. The molecule has 1 unspecified atom stereocenters. The van der Waals surface area contributed by atoms with E-state index in [1.54, 1.807) is 12.1 Å². The number of nitrogens with zero attached hydrogens (tertiary/aromatic N) is 3. The molecule has 1 aromatic heterocycles. The van der Waals surface area contributed by atoms with Gasteiger partial charge in [0.15, 0.2) is 5.82 Å². The Hall–Kier alpha value is -2.44. The molecule has 2 N–H and O–H groups in total. The molecule has 7 heteroatoms. The zero-order chi connectivity index (χ0) is 16.8. The van der Waals surface area contributed by atoms with Crippen LogP contribution in [0.3, 0.4) is 0 Å². The summed E-state index contributed by atoms with van der Waals surface area (Å²) in [5, 5.41) is 17.0. The van der Waals surface area contributed by atoms with Gasteiger partial charge in [0.05, 0.1) is 12.6 Å². The Morgan fingerprint density at radius 2 is 2.12 bits per heavy atom. The minimum atomic E-state index is -0.179. The zero-order valence-corrected chi connectivity index (χ0v) is 13.9. The molecule has 1 aliphatic carbocycles. The van der Waals surface area contributed by atoms with Crippen molar-refractivity contribution in [3.63, 3.8) is 0 Å². The van der Waals surface area contributed by atoms with E-state index in [0.717, 1.165) is 25.0 Å². The number of aromatic nitrogens is 4. The van der Waals surface area contributed by atoms with E-state index < -0.39 is 0 Å². The van der Waals surface area contributed by atoms with Crippen molar-refractivity contribution < 1.29 is 9.53 Å². The molecule has 7 nitrogen and oxygen atoms in total. The van der Waals surface area contributed by atoms with Gasteiger partial charge in [-0.2, -0.15) is 5.21 Å². The Balaban J connectivity index is 1.56. The average molecular weight is 329 g/mol. The van der Waals surface area contributed by atoms with Gasteiger partial charge < -0.3 is 10.1 Å². The van der Waals surface area contributed by atoms with E-state index in [1.165, 1.54) is 12.8 Å². The number of amides is 1. The molecular weight excluding hydrogens is 306 g/mol. The predicted octanol–water partition coefficient (Wildman–Crippen LogP) is 2.65. The number of rotatable bonds is 9. The second-order valence-electron chi connectivity index (χ2n) is 6.14. The van der Waals surface area contributed by atoms with E-state index in [-0.39, 0.29) is 11.9 Å². The molecule has 1 aromatic carbocycles. The lowest BCUT2D eigenvalue weighted by Gasteiger charge is -2.14. The molecular formula is C17H23N5O2. The van der Waals surface area contributed by atoms with E-state index in [2.05, 4.69) is 32.9 Å². The first-order chi connectivity index (χ1) is 11.8. The predicted molar refractivity (Wildman–Crippen MR) is 88.6 cm³/mol. The Morgan fingerprint density at radius 1 is 1.33 bits per heavy atom. The zero-order valence-electron chi connectivity index (χ0n) is 13.9. The first kappa shape index (κ1) is 16.4. The van der Waals surface area contributed by atoms with Gasteiger partial charge in [0, 0.05) is 5.56 Å². The summed E-state index contributed by atoms with van der Waals surface area (Å²) in [6.45, 7) is 2.87. The molecule has 0 spiro atoms. The standard InChI is InChI=1S/C17H23N5O2/c1-2-3-4-11-24-14-9-7-13(8-10-14)17(23)18-15(12-5-6-12)16-19-21-22-20-16/h7-10,12,15H,2-6,11H2,1H3,(H,18,23)(H,19,20,21,22). The van der Waals surface area contributed by atoms with Crippen LogP contribution in [0.1, 0.15) is 61.3 Å². The Labute approximate surface area is 141 Å². The lowest BCUT2D eigenvalue weighted by Crippen LogP contribution is -2.30. The molecule has 3 rings (SSSR count). The van der Waals surface area contributed by atoms with E-state index in [9.17, 15) is 4.79 Å². The third-order valence-electron chi connectivity index (χ3n) is 4.15. The molecule has 0 aliphatic heterocycles. The number of ether oxygens (including phenoxy) is 1. The van der Waals surface area contributed by atoms with Crippen LogP contribution < -0.4 is 10.1 Å². The second-order valence-corrected chi connectivity index (χ2v) is 6.14. The van der Waals surface area contributed by atoms with Crippen molar-refractivity contribution in [3.05, 3.63) is 35.7 Å². The maximum absolute atomic E-state index is 12.5. The molecule has 1 atom stereocenters. The summed E-state index contributed by atoms with van der Waals surface area (Å²) < 4.78 is 5.67. The maximum atomic E-state index is 12.5. The van der Waals surface area contributed by atoms with Gasteiger partial charge in [-0.15, -0.1) is 10.2 Å². The topological polar surface area (TPSA) is 92.8 Å². The smallest absolute Gasteiger partial charge is 0.251 e. The fraction of sp³-hybridized carbons (Fsp3) is 0.529. The van der Waals surface area contributed by atoms with Gasteiger partial charge >= 0.3 is 0 Å². The highest BCUT2D eigenvalue weighted by molar-refractivity contribution is 5.94. The number of aromatic amines is 1. The van der Waals surface area contributed by atoms with Crippen LogP contribution >= 0.6 is 0 Å². The number of benzene rings is 1. The van der Waals surface area contributed by atoms with Crippen LogP contribution in [0.25, 0.3) is 0 Å². The van der Waals surface area contributed by atoms with E-state index >= 15 is 0 Å². The number of unbranched alkanes of at least 4 members (excludes halogenated alkanes) is 2. The number of H-pyrrole nitrogens is 1. The molecule has 0 saturated heterocycles. The number of carbonyl (C=O) groups is 1. The minimum Gasteiger partial charge on any atom is -0.494 e. The molecule has 1 saturated carbocycles. The van der Waals surface area contributed by atoms with Gasteiger partial charge in [-0.3, -0.25) is 4.79 Å². The third kappa shape index (κ3) is 4.31. The highest BCUT2D eigenvalue weighted by atomic mass is 16.5. The summed E-state index contributed by atoms with van der Waals surface area (Å²) in [6, 6.07) is 7.05. The summed E-state index contributed by atoms with van der Waals surface area (Å²) in [5.74, 6) is 1.60. The second kappa shape index (κ2) is 7.90. The number of carbonyl (C=O) groups excluding carboxylic acids is 1. The highest BCUT2D eigenvalue weighted by Crippen LogP contribution is 2.39. The van der Waals surface area contributed by atoms with Crippen molar-refractivity contribution in [3.8, 4) is 5.75 Å². The van der Waals surface area contributed by atoms with Crippen molar-refractivity contribution >= 4 is 5.91 Å². The molecule has 128 valence electrons. The summed E-state index contributed by atoms with van der Waals surface area (Å²) in [7, 11) is 0. The van der Waals surface area contributed by atoms with Crippen molar-refractivity contribution in [1.82, 2.24) is 25.9 Å². The van der Waals surface area contributed by atoms with Crippen molar-refractivity contribution in [2.75, 3.05) is 6.61 Å².